The molecule has 1 aliphatic rings. The quantitative estimate of drug-likeness (QED) is 0.673. The van der Waals surface area contributed by atoms with E-state index in [9.17, 15) is 0 Å². The van der Waals surface area contributed by atoms with Crippen molar-refractivity contribution in [2.24, 2.45) is 0 Å². The molecule has 1 N–H and O–H groups in total. The van der Waals surface area contributed by atoms with Crippen molar-refractivity contribution in [2.45, 2.75) is 25.3 Å². The highest BCUT2D eigenvalue weighted by Crippen LogP contribution is 2.22. The maximum atomic E-state index is 3.38. The Morgan fingerprint density at radius 2 is 2.00 bits per heavy atom. The van der Waals surface area contributed by atoms with Crippen LogP contribution in [0.1, 0.15) is 18.9 Å². The van der Waals surface area contributed by atoms with Crippen molar-refractivity contribution in [3.63, 3.8) is 0 Å². The summed E-state index contributed by atoms with van der Waals surface area (Å²) in [5.74, 6) is 0. The van der Waals surface area contributed by atoms with Crippen molar-refractivity contribution in [2.75, 3.05) is 6.54 Å². The molecule has 1 heteroatoms. The highest BCUT2D eigenvalue weighted by atomic mass is 15.1. The summed E-state index contributed by atoms with van der Waals surface area (Å²) in [5.41, 5.74) is 1.91. The van der Waals surface area contributed by atoms with Gasteiger partial charge >= 0.3 is 0 Å². The Labute approximate surface area is 73.8 Å². The van der Waals surface area contributed by atoms with Crippen molar-refractivity contribution in [3.05, 3.63) is 35.9 Å². The molecule has 0 aromatic heterocycles. The fraction of sp³-hybridized carbons (Fsp3) is 0.455. The first-order chi connectivity index (χ1) is 5.79. The van der Waals surface area contributed by atoms with E-state index in [4.69, 9.17) is 0 Å². The Bertz CT molecular complexity index is 249. The summed E-state index contributed by atoms with van der Waals surface area (Å²) >= 11 is 0. The fourth-order valence-corrected chi connectivity index (χ4v) is 1.39. The van der Waals surface area contributed by atoms with E-state index in [2.05, 4.69) is 42.6 Å². The van der Waals surface area contributed by atoms with E-state index in [0.29, 0.717) is 5.54 Å². The van der Waals surface area contributed by atoms with Crippen molar-refractivity contribution < 1.29 is 0 Å². The molecule has 1 heterocycles. The number of nitrogens with one attached hydrogen (secondary N) is 1. The van der Waals surface area contributed by atoms with E-state index in [0.717, 1.165) is 0 Å². The van der Waals surface area contributed by atoms with Crippen molar-refractivity contribution >= 4 is 0 Å². The molecule has 0 spiro atoms. The minimum absolute atomic E-state index is 0.454. The van der Waals surface area contributed by atoms with Gasteiger partial charge in [0.05, 0.1) is 0 Å². The molecule has 1 aromatic carbocycles. The summed E-state index contributed by atoms with van der Waals surface area (Å²) in [6.45, 7) is 3.48. The van der Waals surface area contributed by atoms with Crippen LogP contribution in [0.3, 0.4) is 0 Å². The topological polar surface area (TPSA) is 21.9 Å². The van der Waals surface area contributed by atoms with Gasteiger partial charge in [-0.3, -0.25) is 0 Å². The van der Waals surface area contributed by atoms with E-state index in [-0.39, 0.29) is 0 Å². The third kappa shape index (κ3) is 1.86. The molecule has 0 bridgehead atoms. The van der Waals surface area contributed by atoms with Gasteiger partial charge in [-0.05, 0) is 25.3 Å². The lowest BCUT2D eigenvalue weighted by Gasteiger charge is -2.05. The molecule has 1 atom stereocenters. The van der Waals surface area contributed by atoms with Gasteiger partial charge < -0.3 is 5.32 Å². The van der Waals surface area contributed by atoms with Crippen molar-refractivity contribution in [1.29, 1.82) is 0 Å². The van der Waals surface area contributed by atoms with Crippen LogP contribution >= 0.6 is 0 Å². The normalized spacial score (nSPS) is 27.1. The summed E-state index contributed by atoms with van der Waals surface area (Å²) in [5, 5.41) is 3.38. The SMILES string of the molecule is CC1(CCc2ccccc2)CN1. The van der Waals surface area contributed by atoms with Crippen LogP contribution in [0.15, 0.2) is 30.3 Å². The summed E-state index contributed by atoms with van der Waals surface area (Å²) in [7, 11) is 0. The van der Waals surface area contributed by atoms with Gasteiger partial charge in [0.15, 0.2) is 0 Å². The fourth-order valence-electron chi connectivity index (χ4n) is 1.39. The Kier molecular flexibility index (Phi) is 1.89. The molecule has 1 saturated heterocycles. The van der Waals surface area contributed by atoms with Crippen molar-refractivity contribution in [3.8, 4) is 0 Å². The number of hydrogen-bond donors (Lipinski definition) is 1. The predicted octanol–water partition coefficient (Wildman–Crippen LogP) is 1.98. The zero-order valence-corrected chi connectivity index (χ0v) is 7.51. The van der Waals surface area contributed by atoms with E-state index < -0.39 is 0 Å². The van der Waals surface area contributed by atoms with Gasteiger partial charge in [0.25, 0.3) is 0 Å². The Morgan fingerprint density at radius 1 is 1.33 bits per heavy atom. The molecular weight excluding hydrogens is 146 g/mol. The largest absolute Gasteiger partial charge is 0.308 e. The molecule has 0 aliphatic carbocycles. The zero-order valence-electron chi connectivity index (χ0n) is 7.51. The molecule has 0 saturated carbocycles. The molecule has 0 amide bonds. The van der Waals surface area contributed by atoms with Crippen LogP contribution in [0.5, 0.6) is 0 Å². The first kappa shape index (κ1) is 7.81. The lowest BCUT2D eigenvalue weighted by atomic mass is 10.0. The molecule has 12 heavy (non-hydrogen) atoms. The number of rotatable bonds is 3. The van der Waals surface area contributed by atoms with Gasteiger partial charge in [-0.1, -0.05) is 30.3 Å². The molecular formula is C11H15N. The maximum absolute atomic E-state index is 3.38. The monoisotopic (exact) mass is 161 g/mol. The second kappa shape index (κ2) is 2.91. The molecule has 1 aromatic rings. The summed E-state index contributed by atoms with van der Waals surface area (Å²) in [6, 6.07) is 10.7. The summed E-state index contributed by atoms with van der Waals surface area (Å²) < 4.78 is 0. The van der Waals surface area contributed by atoms with Crippen molar-refractivity contribution in [1.82, 2.24) is 5.32 Å². The van der Waals surface area contributed by atoms with Gasteiger partial charge in [0.2, 0.25) is 0 Å². The highest BCUT2D eigenvalue weighted by Gasteiger charge is 2.35. The van der Waals surface area contributed by atoms with E-state index in [1.807, 2.05) is 0 Å². The van der Waals surface area contributed by atoms with E-state index in [1.165, 1.54) is 24.9 Å². The van der Waals surface area contributed by atoms with Gasteiger partial charge in [-0.2, -0.15) is 0 Å². The molecule has 1 unspecified atom stereocenters. The third-order valence-corrected chi connectivity index (χ3v) is 2.59. The number of hydrogen-bond acceptors (Lipinski definition) is 1. The minimum atomic E-state index is 0.454. The lowest BCUT2D eigenvalue weighted by Crippen LogP contribution is -2.10. The van der Waals surface area contributed by atoms with Crippen LogP contribution in [0.2, 0.25) is 0 Å². The van der Waals surface area contributed by atoms with Crippen LogP contribution in [0, 0.1) is 0 Å². The van der Waals surface area contributed by atoms with E-state index >= 15 is 0 Å². The number of benzene rings is 1. The second-order valence-corrected chi connectivity index (χ2v) is 3.90. The average Bonchev–Trinajstić information content (AvgIpc) is 2.84. The Morgan fingerprint density at radius 3 is 2.58 bits per heavy atom. The van der Waals surface area contributed by atoms with Crippen LogP contribution in [0.25, 0.3) is 0 Å². The van der Waals surface area contributed by atoms with Gasteiger partial charge in [-0.25, -0.2) is 0 Å². The average molecular weight is 161 g/mol. The lowest BCUT2D eigenvalue weighted by molar-refractivity contribution is 0.625. The maximum Gasteiger partial charge on any atom is 0.0282 e. The Hall–Kier alpha value is -0.820. The predicted molar refractivity (Wildman–Crippen MR) is 51.2 cm³/mol. The molecule has 2 rings (SSSR count). The second-order valence-electron chi connectivity index (χ2n) is 3.90. The van der Waals surface area contributed by atoms with Gasteiger partial charge in [0.1, 0.15) is 0 Å². The van der Waals surface area contributed by atoms with Crippen LogP contribution in [-0.4, -0.2) is 12.1 Å². The van der Waals surface area contributed by atoms with Crippen LogP contribution < -0.4 is 5.32 Å². The first-order valence-corrected chi connectivity index (χ1v) is 4.57. The summed E-state index contributed by atoms with van der Waals surface area (Å²) in [4.78, 5) is 0. The molecule has 1 nitrogen and oxygen atoms in total. The third-order valence-electron chi connectivity index (χ3n) is 2.59. The zero-order chi connectivity index (χ0) is 8.44. The van der Waals surface area contributed by atoms with Crippen LogP contribution in [0.4, 0.5) is 0 Å². The Balaban J connectivity index is 1.88. The first-order valence-electron chi connectivity index (χ1n) is 4.57. The molecule has 0 radical (unpaired) electrons. The summed E-state index contributed by atoms with van der Waals surface area (Å²) in [6.07, 6.45) is 2.46. The molecule has 1 aliphatic heterocycles. The smallest absolute Gasteiger partial charge is 0.0282 e. The van der Waals surface area contributed by atoms with Crippen LogP contribution in [-0.2, 0) is 6.42 Å². The van der Waals surface area contributed by atoms with E-state index in [1.54, 1.807) is 0 Å². The van der Waals surface area contributed by atoms with Gasteiger partial charge in [-0.15, -0.1) is 0 Å². The standard InChI is InChI=1S/C11H15N/c1-11(9-12-11)8-7-10-5-3-2-4-6-10/h2-6,12H,7-9H2,1H3. The highest BCUT2D eigenvalue weighted by molar-refractivity contribution is 5.16. The minimum Gasteiger partial charge on any atom is -0.308 e. The number of aryl methyl sites for hydroxylation is 1. The molecule has 64 valence electrons. The molecule has 1 fully saturated rings. The van der Waals surface area contributed by atoms with Gasteiger partial charge in [0, 0.05) is 12.1 Å².